The molecule has 0 aliphatic carbocycles. The van der Waals surface area contributed by atoms with Gasteiger partial charge in [0.1, 0.15) is 0 Å². The Morgan fingerprint density at radius 1 is 0.885 bits per heavy atom. The zero-order valence-corrected chi connectivity index (χ0v) is 13.7. The van der Waals surface area contributed by atoms with Gasteiger partial charge in [-0.25, -0.2) is 0 Å². The highest BCUT2D eigenvalue weighted by atomic mass is 19.4. The Labute approximate surface area is 146 Å². The molecular weight excluding hydrogens is 360 g/mol. The van der Waals surface area contributed by atoms with Crippen LogP contribution in [0.5, 0.6) is 0 Å². The number of rotatable bonds is 5. The smallest absolute Gasteiger partial charge is 0.372 e. The predicted octanol–water partition coefficient (Wildman–Crippen LogP) is 5.33. The van der Waals surface area contributed by atoms with Gasteiger partial charge in [0.25, 0.3) is 0 Å². The minimum absolute atomic E-state index is 0.0859. The van der Waals surface area contributed by atoms with Crippen molar-refractivity contribution in [2.24, 2.45) is 5.73 Å². The van der Waals surface area contributed by atoms with Gasteiger partial charge in [0, 0.05) is 0 Å². The Balaban J connectivity index is 2.18. The minimum atomic E-state index is -4.89. The topological polar surface area (TPSA) is 35.2 Å². The predicted molar refractivity (Wildman–Crippen MR) is 84.1 cm³/mol. The highest BCUT2D eigenvalue weighted by molar-refractivity contribution is 5.33. The van der Waals surface area contributed by atoms with E-state index in [1.165, 1.54) is 0 Å². The first-order chi connectivity index (χ1) is 12.0. The lowest BCUT2D eigenvalue weighted by atomic mass is 10.0. The quantitative estimate of drug-likeness (QED) is 0.715. The molecule has 2 unspecified atom stereocenters. The molecule has 0 amide bonds. The lowest BCUT2D eigenvalue weighted by Crippen LogP contribution is -2.26. The highest BCUT2D eigenvalue weighted by Gasteiger charge is 2.36. The van der Waals surface area contributed by atoms with E-state index in [0.29, 0.717) is 12.1 Å². The third kappa shape index (κ3) is 5.22. The number of hydrogen-bond donors (Lipinski definition) is 1. The Kier molecular flexibility index (Phi) is 5.98. The highest BCUT2D eigenvalue weighted by Crippen LogP contribution is 2.36. The molecule has 2 aromatic rings. The molecule has 2 rings (SSSR count). The van der Waals surface area contributed by atoms with Crippen LogP contribution >= 0.6 is 0 Å². The van der Waals surface area contributed by atoms with Crippen LogP contribution in [0.4, 0.5) is 26.3 Å². The molecule has 0 fully saturated rings. The third-order valence-corrected chi connectivity index (χ3v) is 3.85. The van der Waals surface area contributed by atoms with Gasteiger partial charge in [0.15, 0.2) is 0 Å². The molecule has 0 bridgehead atoms. The van der Waals surface area contributed by atoms with Crippen molar-refractivity contribution in [3.05, 3.63) is 70.8 Å². The molecule has 2 aromatic carbocycles. The summed E-state index contributed by atoms with van der Waals surface area (Å²) in [5.74, 6) is 0. The van der Waals surface area contributed by atoms with E-state index in [2.05, 4.69) is 0 Å². The number of benzene rings is 2. The van der Waals surface area contributed by atoms with Crippen molar-refractivity contribution in [3.63, 3.8) is 0 Å². The van der Waals surface area contributed by atoms with Crippen LogP contribution in [-0.4, -0.2) is 6.10 Å². The van der Waals surface area contributed by atoms with Gasteiger partial charge in [0.2, 0.25) is 0 Å². The van der Waals surface area contributed by atoms with E-state index in [0.717, 1.165) is 5.56 Å². The molecule has 2 nitrogen and oxygen atoms in total. The molecular formula is C18H17F6NO. The van der Waals surface area contributed by atoms with Gasteiger partial charge in [-0.15, -0.1) is 0 Å². The largest absolute Gasteiger partial charge is 0.416 e. The second kappa shape index (κ2) is 7.67. The van der Waals surface area contributed by atoms with E-state index in [1.54, 1.807) is 37.3 Å². The summed E-state index contributed by atoms with van der Waals surface area (Å²) in [5, 5.41) is 0. The number of nitrogens with two attached hydrogens (primary N) is 1. The van der Waals surface area contributed by atoms with Crippen LogP contribution in [0.2, 0.25) is 0 Å². The zero-order valence-electron chi connectivity index (χ0n) is 13.7. The number of halogens is 6. The van der Waals surface area contributed by atoms with E-state index in [1.807, 2.05) is 0 Å². The monoisotopic (exact) mass is 377 g/mol. The van der Waals surface area contributed by atoms with Crippen LogP contribution in [0.25, 0.3) is 0 Å². The summed E-state index contributed by atoms with van der Waals surface area (Å²) in [4.78, 5) is 0. The molecule has 142 valence electrons. The van der Waals surface area contributed by atoms with Crippen molar-refractivity contribution in [1.82, 2.24) is 0 Å². The summed E-state index contributed by atoms with van der Waals surface area (Å²) in [6.45, 7) is 1.19. The molecule has 26 heavy (non-hydrogen) atoms. The third-order valence-electron chi connectivity index (χ3n) is 3.85. The first-order valence-corrected chi connectivity index (χ1v) is 7.69. The second-order valence-electron chi connectivity index (χ2n) is 5.87. The average molecular weight is 377 g/mol. The Morgan fingerprint density at radius 3 is 1.85 bits per heavy atom. The fraction of sp³-hybridized carbons (Fsp3) is 0.333. The van der Waals surface area contributed by atoms with Gasteiger partial charge in [-0.3, -0.25) is 0 Å². The maximum absolute atomic E-state index is 12.9. The van der Waals surface area contributed by atoms with E-state index in [4.69, 9.17) is 10.5 Å². The lowest BCUT2D eigenvalue weighted by molar-refractivity contribution is -0.143. The van der Waals surface area contributed by atoms with Gasteiger partial charge in [-0.05, 0) is 36.2 Å². The second-order valence-corrected chi connectivity index (χ2v) is 5.87. The SMILES string of the molecule is CC(OCc1cc(C(F)(F)F)cc(C(F)(F)F)c1)C(N)c1ccccc1. The van der Waals surface area contributed by atoms with Crippen LogP contribution in [-0.2, 0) is 23.7 Å². The van der Waals surface area contributed by atoms with Crippen molar-refractivity contribution in [3.8, 4) is 0 Å². The van der Waals surface area contributed by atoms with Crippen LogP contribution in [0.3, 0.4) is 0 Å². The number of hydrogen-bond acceptors (Lipinski definition) is 2. The summed E-state index contributed by atoms with van der Waals surface area (Å²) in [7, 11) is 0. The lowest BCUT2D eigenvalue weighted by Gasteiger charge is -2.21. The van der Waals surface area contributed by atoms with E-state index in [9.17, 15) is 26.3 Å². The molecule has 0 saturated heterocycles. The van der Waals surface area contributed by atoms with Crippen LogP contribution in [0, 0.1) is 0 Å². The number of ether oxygens (including phenoxy) is 1. The zero-order chi connectivity index (χ0) is 19.5. The standard InChI is InChI=1S/C18H17F6NO/c1-11(16(25)13-5-3-2-4-6-13)26-10-12-7-14(17(19,20)21)9-15(8-12)18(22,23)24/h2-9,11,16H,10,25H2,1H3. The molecule has 0 aliphatic heterocycles. The molecule has 8 heteroatoms. The van der Waals surface area contributed by atoms with Gasteiger partial charge in [-0.2, -0.15) is 26.3 Å². The average Bonchev–Trinajstić information content (AvgIpc) is 2.58. The van der Waals surface area contributed by atoms with Crippen molar-refractivity contribution in [2.75, 3.05) is 0 Å². The molecule has 0 aliphatic rings. The van der Waals surface area contributed by atoms with Crippen LogP contribution < -0.4 is 5.73 Å². The van der Waals surface area contributed by atoms with Crippen molar-refractivity contribution in [1.29, 1.82) is 0 Å². The molecule has 2 atom stereocenters. The summed E-state index contributed by atoms with van der Waals surface area (Å²) >= 11 is 0. The van der Waals surface area contributed by atoms with Gasteiger partial charge in [-0.1, -0.05) is 30.3 Å². The maximum atomic E-state index is 12.9. The maximum Gasteiger partial charge on any atom is 0.416 e. The molecule has 0 saturated carbocycles. The Hall–Kier alpha value is -2.06. The summed E-state index contributed by atoms with van der Waals surface area (Å²) in [5.41, 5.74) is 3.80. The minimum Gasteiger partial charge on any atom is -0.372 e. The van der Waals surface area contributed by atoms with E-state index < -0.39 is 42.2 Å². The van der Waals surface area contributed by atoms with Crippen molar-refractivity contribution < 1.29 is 31.1 Å². The molecule has 2 N–H and O–H groups in total. The van der Waals surface area contributed by atoms with Gasteiger partial charge < -0.3 is 10.5 Å². The van der Waals surface area contributed by atoms with Gasteiger partial charge >= 0.3 is 12.4 Å². The summed E-state index contributed by atoms with van der Waals surface area (Å²) < 4.78 is 82.6. The summed E-state index contributed by atoms with van der Waals surface area (Å²) in [6, 6.07) is 9.67. The van der Waals surface area contributed by atoms with E-state index in [-0.39, 0.29) is 11.6 Å². The first kappa shape index (κ1) is 20.3. The van der Waals surface area contributed by atoms with E-state index >= 15 is 0 Å². The fourth-order valence-corrected chi connectivity index (χ4v) is 2.38. The first-order valence-electron chi connectivity index (χ1n) is 7.69. The summed E-state index contributed by atoms with van der Waals surface area (Å²) in [6.07, 6.45) is -10.4. The molecule has 0 radical (unpaired) electrons. The van der Waals surface area contributed by atoms with Crippen molar-refractivity contribution in [2.45, 2.75) is 38.0 Å². The molecule has 0 spiro atoms. The fourth-order valence-electron chi connectivity index (χ4n) is 2.38. The van der Waals surface area contributed by atoms with Crippen LogP contribution in [0.1, 0.15) is 35.2 Å². The molecule has 0 heterocycles. The molecule has 0 aromatic heterocycles. The van der Waals surface area contributed by atoms with Crippen LogP contribution in [0.15, 0.2) is 48.5 Å². The normalized spacial score (nSPS) is 14.9. The number of alkyl halides is 6. The Bertz CT molecular complexity index is 694. The van der Waals surface area contributed by atoms with Gasteiger partial charge in [0.05, 0.1) is 29.9 Å². The Morgan fingerprint density at radius 2 is 1.38 bits per heavy atom. The van der Waals surface area contributed by atoms with Crippen molar-refractivity contribution >= 4 is 0 Å².